The zero-order valence-corrected chi connectivity index (χ0v) is 7.53. The molecule has 0 amide bonds. The molecule has 0 aliphatic heterocycles. The van der Waals surface area contributed by atoms with Crippen LogP contribution in [0.15, 0.2) is 0 Å². The molecule has 0 heterocycles. The summed E-state index contributed by atoms with van der Waals surface area (Å²) >= 11 is 0. The number of nitrogens with two attached hydrogens (primary N) is 1. The highest BCUT2D eigenvalue weighted by atomic mass is 14.5. The van der Waals surface area contributed by atoms with Gasteiger partial charge in [-0.2, -0.15) is 0 Å². The molecule has 0 spiro atoms. The molecule has 3 N–H and O–H groups in total. The van der Waals surface area contributed by atoms with E-state index in [4.69, 9.17) is 11.1 Å². The standard InChI is InChI=1S/C9H20N2/c1-2-6-9(11)7-4-3-5-8-10/h11H,2-8,10H2,1H3. The van der Waals surface area contributed by atoms with Crippen LogP contribution in [0.2, 0.25) is 0 Å². The van der Waals surface area contributed by atoms with E-state index in [0.717, 1.165) is 44.4 Å². The second-order valence-electron chi connectivity index (χ2n) is 2.95. The smallest absolute Gasteiger partial charge is 0.00890 e. The Bertz CT molecular complexity index is 99.7. The van der Waals surface area contributed by atoms with E-state index in [2.05, 4.69) is 6.92 Å². The van der Waals surface area contributed by atoms with Crippen molar-refractivity contribution in [2.75, 3.05) is 6.54 Å². The molecule has 0 aromatic heterocycles. The fourth-order valence-corrected chi connectivity index (χ4v) is 1.09. The summed E-state index contributed by atoms with van der Waals surface area (Å²) in [6.07, 6.45) is 6.50. The zero-order valence-electron chi connectivity index (χ0n) is 7.53. The van der Waals surface area contributed by atoms with Gasteiger partial charge >= 0.3 is 0 Å². The van der Waals surface area contributed by atoms with Gasteiger partial charge in [-0.25, -0.2) is 0 Å². The Balaban J connectivity index is 3.04. The molecule has 0 aliphatic rings. The van der Waals surface area contributed by atoms with E-state index in [1.165, 1.54) is 6.42 Å². The normalized spacial score (nSPS) is 10.0. The van der Waals surface area contributed by atoms with Crippen LogP contribution < -0.4 is 5.73 Å². The van der Waals surface area contributed by atoms with Crippen LogP contribution in [-0.4, -0.2) is 12.3 Å². The Hall–Kier alpha value is -0.370. The molecule has 0 aliphatic carbocycles. The zero-order chi connectivity index (χ0) is 8.53. The molecule has 0 fully saturated rings. The van der Waals surface area contributed by atoms with Crippen LogP contribution in [0.5, 0.6) is 0 Å². The number of hydrogen-bond donors (Lipinski definition) is 2. The lowest BCUT2D eigenvalue weighted by Gasteiger charge is -2.00. The summed E-state index contributed by atoms with van der Waals surface area (Å²) in [4.78, 5) is 0. The van der Waals surface area contributed by atoms with Gasteiger partial charge in [0.05, 0.1) is 0 Å². The maximum absolute atomic E-state index is 7.49. The summed E-state index contributed by atoms with van der Waals surface area (Å²) in [6, 6.07) is 0. The lowest BCUT2D eigenvalue weighted by atomic mass is 10.1. The Labute approximate surface area is 69.7 Å². The number of nitrogens with one attached hydrogen (secondary N) is 1. The van der Waals surface area contributed by atoms with Crippen molar-refractivity contribution >= 4 is 5.71 Å². The van der Waals surface area contributed by atoms with Crippen molar-refractivity contribution in [1.29, 1.82) is 5.41 Å². The van der Waals surface area contributed by atoms with E-state index in [0.29, 0.717) is 0 Å². The molecule has 0 radical (unpaired) electrons. The van der Waals surface area contributed by atoms with Crippen LogP contribution in [0.4, 0.5) is 0 Å². The lowest BCUT2D eigenvalue weighted by molar-refractivity contribution is 0.699. The van der Waals surface area contributed by atoms with Gasteiger partial charge in [-0.05, 0) is 32.2 Å². The van der Waals surface area contributed by atoms with E-state index < -0.39 is 0 Å². The molecule has 11 heavy (non-hydrogen) atoms. The molecule has 2 nitrogen and oxygen atoms in total. The molecule has 0 unspecified atom stereocenters. The highest BCUT2D eigenvalue weighted by molar-refractivity contribution is 5.81. The van der Waals surface area contributed by atoms with Gasteiger partial charge in [0.1, 0.15) is 0 Å². The van der Waals surface area contributed by atoms with Gasteiger partial charge in [0, 0.05) is 5.71 Å². The lowest BCUT2D eigenvalue weighted by Crippen LogP contribution is -1.99. The van der Waals surface area contributed by atoms with Crippen molar-refractivity contribution in [3.8, 4) is 0 Å². The predicted octanol–water partition coefficient (Wildman–Crippen LogP) is 2.33. The van der Waals surface area contributed by atoms with Crippen molar-refractivity contribution in [3.05, 3.63) is 0 Å². The predicted molar refractivity (Wildman–Crippen MR) is 50.2 cm³/mol. The minimum atomic E-state index is 0.793. The number of hydrogen-bond acceptors (Lipinski definition) is 2. The van der Waals surface area contributed by atoms with E-state index in [1.54, 1.807) is 0 Å². The maximum Gasteiger partial charge on any atom is 0.00890 e. The van der Waals surface area contributed by atoms with Gasteiger partial charge in [-0.1, -0.05) is 19.8 Å². The molecular weight excluding hydrogens is 136 g/mol. The first-order chi connectivity index (χ1) is 5.31. The first kappa shape index (κ1) is 10.6. The van der Waals surface area contributed by atoms with Crippen molar-refractivity contribution in [2.24, 2.45) is 5.73 Å². The third kappa shape index (κ3) is 7.53. The van der Waals surface area contributed by atoms with Crippen LogP contribution in [0.25, 0.3) is 0 Å². The molecule has 0 saturated heterocycles. The van der Waals surface area contributed by atoms with Crippen molar-refractivity contribution in [2.45, 2.75) is 45.4 Å². The molecule has 0 aromatic rings. The van der Waals surface area contributed by atoms with Crippen LogP contribution in [0.3, 0.4) is 0 Å². The quantitative estimate of drug-likeness (QED) is 0.431. The second-order valence-corrected chi connectivity index (χ2v) is 2.95. The van der Waals surface area contributed by atoms with Crippen LogP contribution in [-0.2, 0) is 0 Å². The first-order valence-corrected chi connectivity index (χ1v) is 4.57. The van der Waals surface area contributed by atoms with Gasteiger partial charge in [-0.3, -0.25) is 0 Å². The number of unbranched alkanes of at least 4 members (excludes halogenated alkanes) is 2. The molecule has 0 bridgehead atoms. The van der Waals surface area contributed by atoms with E-state index in [9.17, 15) is 0 Å². The first-order valence-electron chi connectivity index (χ1n) is 4.57. The summed E-state index contributed by atoms with van der Waals surface area (Å²) in [5, 5.41) is 7.49. The van der Waals surface area contributed by atoms with Crippen molar-refractivity contribution in [3.63, 3.8) is 0 Å². The minimum absolute atomic E-state index is 0.793. The summed E-state index contributed by atoms with van der Waals surface area (Å²) in [5.41, 5.74) is 6.26. The van der Waals surface area contributed by atoms with E-state index >= 15 is 0 Å². The third-order valence-electron chi connectivity index (χ3n) is 1.73. The van der Waals surface area contributed by atoms with Gasteiger partial charge < -0.3 is 11.1 Å². The summed E-state index contributed by atoms with van der Waals surface area (Å²) in [7, 11) is 0. The molecule has 0 saturated carbocycles. The fourth-order valence-electron chi connectivity index (χ4n) is 1.09. The Morgan fingerprint density at radius 2 is 1.91 bits per heavy atom. The van der Waals surface area contributed by atoms with Gasteiger partial charge in [0.2, 0.25) is 0 Å². The summed E-state index contributed by atoms with van der Waals surface area (Å²) in [6.45, 7) is 2.91. The largest absolute Gasteiger partial charge is 0.330 e. The molecule has 0 aromatic carbocycles. The molecule has 0 atom stereocenters. The highest BCUT2D eigenvalue weighted by Crippen LogP contribution is 2.03. The Morgan fingerprint density at radius 3 is 2.45 bits per heavy atom. The highest BCUT2D eigenvalue weighted by Gasteiger charge is 1.94. The monoisotopic (exact) mass is 156 g/mol. The second kappa shape index (κ2) is 7.73. The van der Waals surface area contributed by atoms with Gasteiger partial charge in [0.15, 0.2) is 0 Å². The fraction of sp³-hybridized carbons (Fsp3) is 0.889. The van der Waals surface area contributed by atoms with Crippen LogP contribution >= 0.6 is 0 Å². The molecular formula is C9H20N2. The van der Waals surface area contributed by atoms with Crippen molar-refractivity contribution in [1.82, 2.24) is 0 Å². The Morgan fingerprint density at radius 1 is 1.18 bits per heavy atom. The Kier molecular flexibility index (Phi) is 7.47. The van der Waals surface area contributed by atoms with Crippen LogP contribution in [0, 0.1) is 5.41 Å². The van der Waals surface area contributed by atoms with Crippen LogP contribution in [0.1, 0.15) is 45.4 Å². The van der Waals surface area contributed by atoms with Crippen molar-refractivity contribution < 1.29 is 0 Å². The average Bonchev–Trinajstić information content (AvgIpc) is 1.99. The number of rotatable bonds is 7. The third-order valence-corrected chi connectivity index (χ3v) is 1.73. The molecule has 0 rings (SSSR count). The van der Waals surface area contributed by atoms with Gasteiger partial charge in [-0.15, -0.1) is 0 Å². The SMILES string of the molecule is CCCC(=N)CCCCCN. The summed E-state index contributed by atoms with van der Waals surface area (Å²) < 4.78 is 0. The van der Waals surface area contributed by atoms with Gasteiger partial charge in [0.25, 0.3) is 0 Å². The van der Waals surface area contributed by atoms with E-state index in [-0.39, 0.29) is 0 Å². The van der Waals surface area contributed by atoms with E-state index in [1.807, 2.05) is 0 Å². The molecule has 66 valence electrons. The molecule has 2 heteroatoms. The average molecular weight is 156 g/mol. The topological polar surface area (TPSA) is 49.9 Å². The minimum Gasteiger partial charge on any atom is -0.330 e. The maximum atomic E-state index is 7.49. The summed E-state index contributed by atoms with van der Waals surface area (Å²) in [5.74, 6) is 0.